The van der Waals surface area contributed by atoms with Gasteiger partial charge in [0.05, 0.1) is 34.9 Å². The lowest BCUT2D eigenvalue weighted by Gasteiger charge is -2.28. The maximum Gasteiger partial charge on any atom is 0.269 e. The third-order valence-corrected chi connectivity index (χ3v) is 5.57. The summed E-state index contributed by atoms with van der Waals surface area (Å²) in [6.07, 6.45) is 1.67. The molecule has 0 unspecified atom stereocenters. The molecule has 0 saturated carbocycles. The Morgan fingerprint density at radius 2 is 1.89 bits per heavy atom. The molecule has 2 heterocycles. The topological polar surface area (TPSA) is 140 Å². The Labute approximate surface area is 161 Å². The van der Waals surface area contributed by atoms with Gasteiger partial charge in [-0.1, -0.05) is 0 Å². The molecule has 11 nitrogen and oxygen atoms in total. The first-order valence-electron chi connectivity index (χ1n) is 8.59. The molecule has 2 N–H and O–H groups in total. The van der Waals surface area contributed by atoms with Gasteiger partial charge in [0.15, 0.2) is 5.82 Å². The molecule has 0 atom stereocenters. The minimum Gasteiger partial charge on any atom is -0.378 e. The second-order valence-corrected chi connectivity index (χ2v) is 7.74. The van der Waals surface area contributed by atoms with Crippen LogP contribution >= 0.6 is 0 Å². The van der Waals surface area contributed by atoms with Crippen LogP contribution in [0.15, 0.2) is 41.4 Å². The molecule has 1 aliphatic heterocycles. The van der Waals surface area contributed by atoms with Crippen molar-refractivity contribution in [1.29, 1.82) is 0 Å². The molecular weight excluding hydrogens is 388 g/mol. The van der Waals surface area contributed by atoms with Crippen LogP contribution in [0.2, 0.25) is 0 Å². The first-order chi connectivity index (χ1) is 13.5. The standard InChI is InChI=1S/C16H20N6O5S/c23-22(24)13-1-3-15(4-2-13)28(25,26)19-6-5-17-16-11-14(12-18-20-16)21-7-9-27-10-8-21/h1-4,11-12,19H,5-10H2,(H,17,20). The average Bonchev–Trinajstić information content (AvgIpc) is 2.72. The Bertz CT molecular complexity index is 915. The maximum absolute atomic E-state index is 12.2. The number of rotatable bonds is 8. The Morgan fingerprint density at radius 1 is 1.18 bits per heavy atom. The average molecular weight is 408 g/mol. The van der Waals surface area contributed by atoms with Crippen molar-refractivity contribution in [2.45, 2.75) is 4.90 Å². The third kappa shape index (κ3) is 5.12. The summed E-state index contributed by atoms with van der Waals surface area (Å²) in [5, 5.41) is 21.6. The quantitative estimate of drug-likeness (QED) is 0.365. The minimum atomic E-state index is -3.75. The van der Waals surface area contributed by atoms with Crippen LogP contribution in [0.3, 0.4) is 0 Å². The van der Waals surface area contributed by atoms with Crippen LogP contribution in [0.25, 0.3) is 0 Å². The number of nitro benzene ring substituents is 1. The summed E-state index contributed by atoms with van der Waals surface area (Å²) >= 11 is 0. The fraction of sp³-hybridized carbons (Fsp3) is 0.375. The van der Waals surface area contributed by atoms with Gasteiger partial charge in [-0.15, -0.1) is 5.10 Å². The van der Waals surface area contributed by atoms with E-state index in [4.69, 9.17) is 4.74 Å². The van der Waals surface area contributed by atoms with Crippen LogP contribution in [-0.2, 0) is 14.8 Å². The van der Waals surface area contributed by atoms with Crippen molar-refractivity contribution in [3.63, 3.8) is 0 Å². The fourth-order valence-corrected chi connectivity index (χ4v) is 3.68. The maximum atomic E-state index is 12.2. The van der Waals surface area contributed by atoms with Crippen molar-refractivity contribution in [1.82, 2.24) is 14.9 Å². The van der Waals surface area contributed by atoms with E-state index in [0.29, 0.717) is 25.6 Å². The van der Waals surface area contributed by atoms with E-state index < -0.39 is 14.9 Å². The van der Waals surface area contributed by atoms with Gasteiger partial charge in [0.2, 0.25) is 10.0 Å². The van der Waals surface area contributed by atoms with Crippen LogP contribution in [0, 0.1) is 10.1 Å². The zero-order valence-electron chi connectivity index (χ0n) is 14.9. The summed E-state index contributed by atoms with van der Waals surface area (Å²) in [6, 6.07) is 6.55. The van der Waals surface area contributed by atoms with Gasteiger partial charge in [-0.05, 0) is 12.1 Å². The number of nitrogens with one attached hydrogen (secondary N) is 2. The number of anilines is 2. The third-order valence-electron chi connectivity index (χ3n) is 4.10. The van der Waals surface area contributed by atoms with E-state index in [9.17, 15) is 18.5 Å². The van der Waals surface area contributed by atoms with Crippen LogP contribution in [-0.4, -0.2) is 62.9 Å². The second-order valence-electron chi connectivity index (χ2n) is 5.97. The Kier molecular flexibility index (Phi) is 6.34. The Hall–Kier alpha value is -2.83. The molecule has 1 aliphatic rings. The molecule has 0 radical (unpaired) electrons. The fourth-order valence-electron chi connectivity index (χ4n) is 2.64. The predicted octanol–water partition coefficient (Wildman–Crippen LogP) is 0.612. The molecule has 28 heavy (non-hydrogen) atoms. The van der Waals surface area contributed by atoms with Gasteiger partial charge in [0.1, 0.15) is 0 Å². The van der Waals surface area contributed by atoms with Crippen molar-refractivity contribution < 1.29 is 18.1 Å². The van der Waals surface area contributed by atoms with E-state index in [1.807, 2.05) is 6.07 Å². The molecule has 1 aromatic heterocycles. The SMILES string of the molecule is O=[N+]([O-])c1ccc(S(=O)(=O)NCCNc2cc(N3CCOCC3)cnn2)cc1. The molecule has 12 heteroatoms. The monoisotopic (exact) mass is 408 g/mol. The van der Waals surface area contributed by atoms with Crippen LogP contribution < -0.4 is 14.9 Å². The van der Waals surface area contributed by atoms with Crippen LogP contribution in [0.4, 0.5) is 17.2 Å². The molecule has 3 rings (SSSR count). The Morgan fingerprint density at radius 3 is 2.57 bits per heavy atom. The summed E-state index contributed by atoms with van der Waals surface area (Å²) in [4.78, 5) is 12.2. The van der Waals surface area contributed by atoms with E-state index in [-0.39, 0.29) is 17.1 Å². The summed E-state index contributed by atoms with van der Waals surface area (Å²) in [5.74, 6) is 0.540. The molecule has 1 saturated heterocycles. The highest BCUT2D eigenvalue weighted by atomic mass is 32.2. The van der Waals surface area contributed by atoms with Crippen molar-refractivity contribution in [2.24, 2.45) is 0 Å². The molecule has 0 spiro atoms. The number of ether oxygens (including phenoxy) is 1. The zero-order valence-corrected chi connectivity index (χ0v) is 15.8. The van der Waals surface area contributed by atoms with Gasteiger partial charge in [0.25, 0.3) is 5.69 Å². The van der Waals surface area contributed by atoms with Crippen molar-refractivity contribution in [3.05, 3.63) is 46.6 Å². The molecular formula is C16H20N6O5S. The van der Waals surface area contributed by atoms with E-state index in [1.165, 1.54) is 12.1 Å². The van der Waals surface area contributed by atoms with Crippen LogP contribution in [0.1, 0.15) is 0 Å². The van der Waals surface area contributed by atoms with E-state index in [2.05, 4.69) is 25.1 Å². The number of hydrogen-bond acceptors (Lipinski definition) is 9. The normalized spacial score (nSPS) is 14.6. The molecule has 0 bridgehead atoms. The van der Waals surface area contributed by atoms with Gasteiger partial charge in [-0.25, -0.2) is 13.1 Å². The number of benzene rings is 1. The zero-order chi connectivity index (χ0) is 20.0. The Balaban J connectivity index is 1.51. The van der Waals surface area contributed by atoms with Crippen molar-refractivity contribution in [3.8, 4) is 0 Å². The molecule has 2 aromatic rings. The van der Waals surface area contributed by atoms with Gasteiger partial charge < -0.3 is 15.0 Å². The van der Waals surface area contributed by atoms with Crippen molar-refractivity contribution >= 4 is 27.2 Å². The van der Waals surface area contributed by atoms with Gasteiger partial charge in [-0.3, -0.25) is 10.1 Å². The highest BCUT2D eigenvalue weighted by Crippen LogP contribution is 2.17. The number of hydrogen-bond donors (Lipinski definition) is 2. The number of morpholine rings is 1. The van der Waals surface area contributed by atoms with Crippen LogP contribution in [0.5, 0.6) is 0 Å². The smallest absolute Gasteiger partial charge is 0.269 e. The first-order valence-corrected chi connectivity index (χ1v) is 10.1. The van der Waals surface area contributed by atoms with Gasteiger partial charge in [-0.2, -0.15) is 5.10 Å². The second kappa shape index (κ2) is 8.91. The lowest BCUT2D eigenvalue weighted by Crippen LogP contribution is -2.36. The molecule has 150 valence electrons. The van der Waals surface area contributed by atoms with Gasteiger partial charge in [0, 0.05) is 44.4 Å². The summed E-state index contributed by atoms with van der Waals surface area (Å²) in [6.45, 7) is 3.29. The summed E-state index contributed by atoms with van der Waals surface area (Å²) in [5.41, 5.74) is 0.756. The lowest BCUT2D eigenvalue weighted by atomic mass is 10.3. The molecule has 1 aromatic carbocycles. The summed E-state index contributed by atoms with van der Waals surface area (Å²) in [7, 11) is -3.75. The van der Waals surface area contributed by atoms with E-state index >= 15 is 0 Å². The first kappa shape index (κ1) is 19.9. The largest absolute Gasteiger partial charge is 0.378 e. The van der Waals surface area contributed by atoms with Crippen molar-refractivity contribution in [2.75, 3.05) is 49.6 Å². The predicted molar refractivity (Wildman–Crippen MR) is 102 cm³/mol. The summed E-state index contributed by atoms with van der Waals surface area (Å²) < 4.78 is 32.2. The highest BCUT2D eigenvalue weighted by Gasteiger charge is 2.15. The van der Waals surface area contributed by atoms with E-state index in [0.717, 1.165) is 30.9 Å². The number of non-ortho nitro benzene ring substituents is 1. The van der Waals surface area contributed by atoms with Gasteiger partial charge >= 0.3 is 0 Å². The number of nitrogens with zero attached hydrogens (tertiary/aromatic N) is 4. The highest BCUT2D eigenvalue weighted by molar-refractivity contribution is 7.89. The minimum absolute atomic E-state index is 0.0350. The van der Waals surface area contributed by atoms with E-state index in [1.54, 1.807) is 6.20 Å². The number of nitro groups is 1. The molecule has 0 aliphatic carbocycles. The molecule has 0 amide bonds. The lowest BCUT2D eigenvalue weighted by molar-refractivity contribution is -0.384. The number of sulfonamides is 1. The number of aromatic nitrogens is 2. The molecule has 1 fully saturated rings.